The molecule has 27 aromatic rings. The third-order valence-electron chi connectivity index (χ3n) is 24.8. The zero-order valence-corrected chi connectivity index (χ0v) is 70.7. The molecule has 0 saturated carbocycles. The highest BCUT2D eigenvalue weighted by Crippen LogP contribution is 2.45. The summed E-state index contributed by atoms with van der Waals surface area (Å²) in [5, 5.41) is 13.2. The molecule has 0 aliphatic rings. The van der Waals surface area contributed by atoms with Crippen LogP contribution in [0.4, 0.5) is 0 Å². The molecule has 0 aliphatic carbocycles. The molecule has 27 rings (SSSR count). The van der Waals surface area contributed by atoms with Gasteiger partial charge in [-0.15, -0.1) is 0 Å². The van der Waals surface area contributed by atoms with Gasteiger partial charge in [0.25, 0.3) is 0 Å². The normalized spacial score (nSPS) is 11.6. The van der Waals surface area contributed by atoms with Crippen LogP contribution in [0.1, 0.15) is 0 Å². The van der Waals surface area contributed by atoms with Gasteiger partial charge in [-0.1, -0.05) is 297 Å². The Bertz CT molecular complexity index is 9170. The Morgan fingerprint density at radius 3 is 0.955 bits per heavy atom. The Morgan fingerprint density at radius 1 is 0.152 bits per heavy atom. The van der Waals surface area contributed by atoms with E-state index in [1.165, 1.54) is 10.8 Å². The Hall–Kier alpha value is -18.2. The molecule has 15 nitrogen and oxygen atoms in total. The lowest BCUT2D eigenvalue weighted by atomic mass is 10.0. The zero-order valence-electron chi connectivity index (χ0n) is 70.7. The van der Waals surface area contributed by atoms with Crippen LogP contribution in [0.2, 0.25) is 0 Å². The van der Waals surface area contributed by atoms with Gasteiger partial charge < -0.3 is 27.0 Å². The van der Waals surface area contributed by atoms with Crippen molar-refractivity contribution in [2.45, 2.75) is 0 Å². The number of rotatable bonds is 12. The van der Waals surface area contributed by atoms with Gasteiger partial charge in [-0.25, -0.2) is 44.9 Å². The third kappa shape index (κ3) is 13.3. The number of hydrogen-bond acceptors (Lipinski definition) is 12. The molecule has 0 saturated heterocycles. The first kappa shape index (κ1) is 76.2. The number of benzene rings is 18. The standard InChI is InChI=1S/3C39H24N4O/c1-3-13-25(14-4-1)37-40-38(42-39(41-37)30-20-12-24-34-36(30)28-18-8-10-23-33(28)44-34)29-19-11-22-32-35(29)27-17-7-9-21-31(27)43(32)26-15-5-2-6-16-26;1-3-12-25(13-4-1)37-40-38(42-39(41-37)31-19-11-18-30-29-17-8-10-21-35(29)44-36(30)31)26-22-23-34-32(24-26)28-16-7-9-20-33(28)43(34)27-14-5-2-6-15-27;1-3-11-25(12-4-1)37-40-38(42-39(41-37)27-19-21-31-30-16-8-10-18-35(30)44-36(31)24-27)26-20-22-34-32(23-26)29-15-7-9-17-33(29)43(34)28-13-5-2-6-14-28/h3*1-24H. The summed E-state index contributed by atoms with van der Waals surface area (Å²) in [4.78, 5) is 45.4. The van der Waals surface area contributed by atoms with E-state index in [2.05, 4.69) is 256 Å². The molecule has 9 heterocycles. The molecule has 0 unspecified atom stereocenters. The summed E-state index contributed by atoms with van der Waals surface area (Å²) < 4.78 is 25.7. The van der Waals surface area contributed by atoms with Crippen molar-refractivity contribution in [3.05, 3.63) is 437 Å². The van der Waals surface area contributed by atoms with Gasteiger partial charge in [0.05, 0.1) is 38.7 Å². The molecular formula is C117H72N12O3. The van der Waals surface area contributed by atoms with E-state index < -0.39 is 0 Å². The molecule has 9 aromatic heterocycles. The van der Waals surface area contributed by atoms with E-state index in [9.17, 15) is 0 Å². The molecule has 0 spiro atoms. The topological polar surface area (TPSA) is 170 Å². The number of furan rings is 3. The average molecular weight is 1690 g/mol. The minimum Gasteiger partial charge on any atom is -0.456 e. The predicted octanol–water partition coefficient (Wildman–Crippen LogP) is 29.6. The second kappa shape index (κ2) is 32.0. The smallest absolute Gasteiger partial charge is 0.167 e. The van der Waals surface area contributed by atoms with Crippen LogP contribution in [0, 0.1) is 0 Å². The van der Waals surface area contributed by atoms with Gasteiger partial charge in [-0.3, -0.25) is 0 Å². The monoisotopic (exact) mass is 1690 g/mol. The average Bonchev–Trinajstić information content (AvgIpc) is 1.91. The Balaban J connectivity index is 0.000000106. The van der Waals surface area contributed by atoms with E-state index in [0.29, 0.717) is 52.4 Å². The van der Waals surface area contributed by atoms with Gasteiger partial charge in [-0.05, 0) is 140 Å². The fourth-order valence-electron chi connectivity index (χ4n) is 18.8. The molecule has 18 aromatic carbocycles. The van der Waals surface area contributed by atoms with Gasteiger partial charge in [0, 0.05) is 126 Å². The zero-order chi connectivity index (χ0) is 87.1. The van der Waals surface area contributed by atoms with Crippen LogP contribution in [-0.2, 0) is 0 Å². The van der Waals surface area contributed by atoms with Crippen molar-refractivity contribution in [3.8, 4) is 120 Å². The van der Waals surface area contributed by atoms with Crippen LogP contribution in [0.3, 0.4) is 0 Å². The fourth-order valence-corrected chi connectivity index (χ4v) is 18.8. The molecule has 0 fully saturated rings. The molecule has 0 aliphatic heterocycles. The molecule has 0 N–H and O–H groups in total. The summed E-state index contributed by atoms with van der Waals surface area (Å²) in [6.07, 6.45) is 0. The lowest BCUT2D eigenvalue weighted by Crippen LogP contribution is -2.01. The van der Waals surface area contributed by atoms with Crippen molar-refractivity contribution >= 4 is 131 Å². The van der Waals surface area contributed by atoms with Crippen LogP contribution < -0.4 is 0 Å². The maximum Gasteiger partial charge on any atom is 0.167 e. The first-order chi connectivity index (χ1) is 65.4. The second-order valence-electron chi connectivity index (χ2n) is 32.6. The molecule has 618 valence electrons. The molecule has 0 amide bonds. The molecule has 0 bridgehead atoms. The maximum atomic E-state index is 6.38. The predicted molar refractivity (Wildman–Crippen MR) is 533 cm³/mol. The molecule has 15 heteroatoms. The van der Waals surface area contributed by atoms with Crippen molar-refractivity contribution in [1.29, 1.82) is 0 Å². The molecule has 0 radical (unpaired) electrons. The maximum absolute atomic E-state index is 6.38. The molecule has 132 heavy (non-hydrogen) atoms. The first-order valence-corrected chi connectivity index (χ1v) is 43.9. The Kier molecular flexibility index (Phi) is 18.5. The summed E-state index contributed by atoms with van der Waals surface area (Å²) in [7, 11) is 0. The Morgan fingerprint density at radius 2 is 0.447 bits per heavy atom. The van der Waals surface area contributed by atoms with Crippen molar-refractivity contribution < 1.29 is 13.3 Å². The summed E-state index contributed by atoms with van der Waals surface area (Å²) in [5.41, 5.74) is 23.3. The first-order valence-electron chi connectivity index (χ1n) is 43.9. The molecule has 0 atom stereocenters. The van der Waals surface area contributed by atoms with Crippen LogP contribution in [0.25, 0.3) is 251 Å². The SMILES string of the molecule is c1ccc(-c2nc(-c3ccc4c(c3)c3ccccc3n4-c3ccccc3)nc(-c3cccc4c3oc3ccccc34)n2)cc1.c1ccc(-c2nc(-c3ccc4c(c3)oc3ccccc34)nc(-c3ccc4c(c3)c3ccccc3n4-c3ccccc3)n2)cc1.c1ccc(-c2nc(-c3cccc4oc5ccccc5c34)nc(-c3cccc4c3c3ccccc3n4-c3ccccc3)n2)cc1. The Labute approximate surface area is 754 Å². The van der Waals surface area contributed by atoms with Crippen LogP contribution in [0.5, 0.6) is 0 Å². The third-order valence-corrected chi connectivity index (χ3v) is 24.8. The lowest BCUT2D eigenvalue weighted by molar-refractivity contribution is 0.668. The van der Waals surface area contributed by atoms with Gasteiger partial charge in [0.2, 0.25) is 0 Å². The number of hydrogen-bond donors (Lipinski definition) is 0. The number of para-hydroxylation sites is 10. The van der Waals surface area contributed by atoms with Crippen LogP contribution >= 0.6 is 0 Å². The van der Waals surface area contributed by atoms with Crippen molar-refractivity contribution in [2.75, 3.05) is 0 Å². The minimum absolute atomic E-state index is 0.574. The quantitative estimate of drug-likeness (QED) is 0.114. The van der Waals surface area contributed by atoms with Crippen molar-refractivity contribution in [1.82, 2.24) is 58.6 Å². The minimum atomic E-state index is 0.574. The highest BCUT2D eigenvalue weighted by molar-refractivity contribution is 6.17. The number of fused-ring (bicyclic) bond motifs is 18. The van der Waals surface area contributed by atoms with E-state index in [-0.39, 0.29) is 0 Å². The number of nitrogens with zero attached hydrogens (tertiary/aromatic N) is 12. The lowest BCUT2D eigenvalue weighted by Gasteiger charge is -2.11. The fraction of sp³-hybridized carbons (Fsp3) is 0. The summed E-state index contributed by atoms with van der Waals surface area (Å²) in [5.74, 6) is 5.51. The van der Waals surface area contributed by atoms with Gasteiger partial charge in [0.1, 0.15) is 33.5 Å². The van der Waals surface area contributed by atoms with E-state index in [0.717, 1.165) is 188 Å². The summed E-state index contributed by atoms with van der Waals surface area (Å²) in [6.45, 7) is 0. The second-order valence-corrected chi connectivity index (χ2v) is 32.6. The van der Waals surface area contributed by atoms with Crippen LogP contribution in [-0.4, -0.2) is 58.6 Å². The van der Waals surface area contributed by atoms with Crippen LogP contribution in [0.15, 0.2) is 450 Å². The highest BCUT2D eigenvalue weighted by Gasteiger charge is 2.26. The largest absolute Gasteiger partial charge is 0.456 e. The van der Waals surface area contributed by atoms with Gasteiger partial charge >= 0.3 is 0 Å². The van der Waals surface area contributed by atoms with E-state index in [1.54, 1.807) is 0 Å². The molecular weight excluding hydrogens is 1620 g/mol. The van der Waals surface area contributed by atoms with E-state index in [1.807, 2.05) is 194 Å². The van der Waals surface area contributed by atoms with Gasteiger partial charge in [-0.2, -0.15) is 0 Å². The highest BCUT2D eigenvalue weighted by atomic mass is 16.3. The summed E-state index contributed by atoms with van der Waals surface area (Å²) in [6, 6.07) is 149. The van der Waals surface area contributed by atoms with Crippen molar-refractivity contribution in [2.24, 2.45) is 0 Å². The van der Waals surface area contributed by atoms with E-state index in [4.69, 9.17) is 58.1 Å². The van der Waals surface area contributed by atoms with E-state index >= 15 is 0 Å². The van der Waals surface area contributed by atoms with Crippen molar-refractivity contribution in [3.63, 3.8) is 0 Å². The van der Waals surface area contributed by atoms with Gasteiger partial charge in [0.15, 0.2) is 52.4 Å². The number of aromatic nitrogens is 12. The summed E-state index contributed by atoms with van der Waals surface area (Å²) >= 11 is 0.